The molecule has 0 saturated carbocycles. The summed E-state index contributed by atoms with van der Waals surface area (Å²) in [4.78, 5) is 11.7. The van der Waals surface area contributed by atoms with Gasteiger partial charge in [0.25, 0.3) is 0 Å². The third-order valence-electron chi connectivity index (χ3n) is 10.3. The molecule has 4 aromatic heterocycles. The van der Waals surface area contributed by atoms with Gasteiger partial charge in [0, 0.05) is 54.9 Å². The number of hydrogen-bond donors (Lipinski definition) is 0. The zero-order valence-corrected chi connectivity index (χ0v) is 29.9. The zero-order chi connectivity index (χ0) is 36.2. The van der Waals surface area contributed by atoms with Gasteiger partial charge in [-0.25, -0.2) is 4.98 Å². The quantitative estimate of drug-likeness (QED) is 0.126. The standard InChI is InChI=1S/C46H40N6O2/c1-4-12-37(13-5-1)46(38-14-6-2-7-15-38,39-16-8-3-9-17-39)52-34-41(36-21-24-44-48-32-43(51(44)33-36)42-18-10-11-25-47-42)45(49-52)35-19-22-40(23-20-35)54-31-28-50-26-29-53-30-27-50/h1-25,32-34H,26-31H2. The summed E-state index contributed by atoms with van der Waals surface area (Å²) in [7, 11) is 0. The normalized spacial score (nSPS) is 13.6. The Morgan fingerprint density at radius 2 is 1.26 bits per heavy atom. The molecule has 9 rings (SSSR count). The predicted octanol–water partition coefficient (Wildman–Crippen LogP) is 8.48. The highest BCUT2D eigenvalue weighted by Gasteiger charge is 2.40. The second-order valence-electron chi connectivity index (χ2n) is 13.5. The number of hydrogen-bond acceptors (Lipinski definition) is 6. The van der Waals surface area contributed by atoms with Gasteiger partial charge in [0.05, 0.1) is 30.8 Å². The number of fused-ring (bicyclic) bond motifs is 1. The van der Waals surface area contributed by atoms with E-state index >= 15 is 0 Å². The Morgan fingerprint density at radius 1 is 0.630 bits per heavy atom. The Hall–Kier alpha value is -6.35. The summed E-state index contributed by atoms with van der Waals surface area (Å²) in [6, 6.07) is 50.4. The molecule has 0 bridgehead atoms. The van der Waals surface area contributed by atoms with Crippen molar-refractivity contribution in [3.05, 3.63) is 187 Å². The molecular weight excluding hydrogens is 669 g/mol. The summed E-state index contributed by atoms with van der Waals surface area (Å²) in [5.74, 6) is 0.833. The smallest absolute Gasteiger partial charge is 0.138 e. The van der Waals surface area contributed by atoms with Crippen LogP contribution in [-0.2, 0) is 10.3 Å². The average molecular weight is 709 g/mol. The van der Waals surface area contributed by atoms with Crippen molar-refractivity contribution in [1.82, 2.24) is 29.0 Å². The molecular formula is C46H40N6O2. The van der Waals surface area contributed by atoms with Gasteiger partial charge in [0.1, 0.15) is 29.2 Å². The Bertz CT molecular complexity index is 2340. The Balaban J connectivity index is 1.21. The van der Waals surface area contributed by atoms with Crippen LogP contribution in [0.5, 0.6) is 5.75 Å². The van der Waals surface area contributed by atoms with Gasteiger partial charge in [-0.3, -0.25) is 19.0 Å². The fraction of sp³-hybridized carbons (Fsp3) is 0.152. The summed E-state index contributed by atoms with van der Waals surface area (Å²) in [5, 5.41) is 5.58. The van der Waals surface area contributed by atoms with E-state index in [1.807, 2.05) is 30.6 Å². The lowest BCUT2D eigenvalue weighted by atomic mass is 9.77. The fourth-order valence-electron chi connectivity index (χ4n) is 7.58. The average Bonchev–Trinajstić information content (AvgIpc) is 3.89. The van der Waals surface area contributed by atoms with Crippen LogP contribution in [0, 0.1) is 0 Å². The van der Waals surface area contributed by atoms with Crippen LogP contribution in [0.25, 0.3) is 39.4 Å². The molecule has 8 nitrogen and oxygen atoms in total. The first kappa shape index (κ1) is 33.5. The van der Waals surface area contributed by atoms with Gasteiger partial charge in [0.2, 0.25) is 0 Å². The third kappa shape index (κ3) is 6.36. The van der Waals surface area contributed by atoms with Crippen molar-refractivity contribution in [1.29, 1.82) is 0 Å². The Morgan fingerprint density at radius 3 is 1.89 bits per heavy atom. The van der Waals surface area contributed by atoms with E-state index in [-0.39, 0.29) is 0 Å². The van der Waals surface area contributed by atoms with E-state index in [9.17, 15) is 0 Å². The van der Waals surface area contributed by atoms with Gasteiger partial charge >= 0.3 is 0 Å². The molecule has 0 aliphatic carbocycles. The zero-order valence-electron chi connectivity index (χ0n) is 29.9. The van der Waals surface area contributed by atoms with E-state index in [0.717, 1.165) is 94.7 Å². The van der Waals surface area contributed by atoms with Gasteiger partial charge in [0.15, 0.2) is 0 Å². The fourth-order valence-corrected chi connectivity index (χ4v) is 7.58. The second-order valence-corrected chi connectivity index (χ2v) is 13.5. The van der Waals surface area contributed by atoms with Gasteiger partial charge in [-0.15, -0.1) is 0 Å². The number of rotatable bonds is 11. The van der Waals surface area contributed by atoms with Crippen molar-refractivity contribution < 1.29 is 9.47 Å². The van der Waals surface area contributed by atoms with Crippen molar-refractivity contribution in [2.45, 2.75) is 5.54 Å². The van der Waals surface area contributed by atoms with Crippen molar-refractivity contribution in [2.24, 2.45) is 0 Å². The first-order valence-corrected chi connectivity index (χ1v) is 18.5. The molecule has 0 unspecified atom stereocenters. The molecule has 0 spiro atoms. The molecule has 1 fully saturated rings. The largest absolute Gasteiger partial charge is 0.492 e. The van der Waals surface area contributed by atoms with Gasteiger partial charge in [-0.2, -0.15) is 5.10 Å². The highest BCUT2D eigenvalue weighted by atomic mass is 16.5. The molecule has 8 aromatic rings. The first-order valence-electron chi connectivity index (χ1n) is 18.5. The summed E-state index contributed by atoms with van der Waals surface area (Å²) in [6.07, 6.45) is 8.05. The van der Waals surface area contributed by atoms with E-state index in [4.69, 9.17) is 19.6 Å². The maximum atomic E-state index is 6.22. The Labute approximate surface area is 314 Å². The number of morpholine rings is 1. The summed E-state index contributed by atoms with van der Waals surface area (Å²) < 4.78 is 16.0. The van der Waals surface area contributed by atoms with E-state index in [1.165, 1.54) is 0 Å². The van der Waals surface area contributed by atoms with Crippen LogP contribution in [-0.4, -0.2) is 68.5 Å². The van der Waals surface area contributed by atoms with E-state index in [1.54, 1.807) is 0 Å². The molecule has 0 N–H and O–H groups in total. The first-order chi connectivity index (χ1) is 26.8. The summed E-state index contributed by atoms with van der Waals surface area (Å²) >= 11 is 0. The van der Waals surface area contributed by atoms with Crippen LogP contribution in [0.2, 0.25) is 0 Å². The second kappa shape index (κ2) is 14.9. The topological polar surface area (TPSA) is 69.7 Å². The van der Waals surface area contributed by atoms with Crippen LogP contribution in [0.3, 0.4) is 0 Å². The molecule has 266 valence electrons. The molecule has 1 aliphatic rings. The number of nitrogens with zero attached hydrogens (tertiary/aromatic N) is 6. The molecule has 8 heteroatoms. The van der Waals surface area contributed by atoms with Crippen molar-refractivity contribution in [2.75, 3.05) is 39.5 Å². The number of benzene rings is 4. The van der Waals surface area contributed by atoms with E-state index in [2.05, 4.69) is 159 Å². The molecule has 0 amide bonds. The van der Waals surface area contributed by atoms with Crippen molar-refractivity contribution >= 4 is 5.65 Å². The highest BCUT2D eigenvalue weighted by Crippen LogP contribution is 2.43. The van der Waals surface area contributed by atoms with Crippen LogP contribution in [0.1, 0.15) is 16.7 Å². The van der Waals surface area contributed by atoms with Crippen LogP contribution in [0.15, 0.2) is 170 Å². The minimum absolute atomic E-state index is 0.622. The summed E-state index contributed by atoms with van der Waals surface area (Å²) in [5.41, 5.74) is 9.02. The van der Waals surface area contributed by atoms with Crippen molar-refractivity contribution in [3.8, 4) is 39.5 Å². The Kier molecular flexibility index (Phi) is 9.27. The molecule has 4 aromatic carbocycles. The monoisotopic (exact) mass is 708 g/mol. The lowest BCUT2D eigenvalue weighted by molar-refractivity contribution is 0.0322. The van der Waals surface area contributed by atoms with Gasteiger partial charge in [-0.1, -0.05) is 97.1 Å². The maximum absolute atomic E-state index is 6.22. The molecule has 1 aliphatic heterocycles. The molecule has 54 heavy (non-hydrogen) atoms. The summed E-state index contributed by atoms with van der Waals surface area (Å²) in [6.45, 7) is 4.94. The van der Waals surface area contributed by atoms with Gasteiger partial charge < -0.3 is 9.47 Å². The highest BCUT2D eigenvalue weighted by molar-refractivity contribution is 5.81. The molecule has 1 saturated heterocycles. The number of aromatic nitrogens is 5. The van der Waals surface area contributed by atoms with E-state index < -0.39 is 5.54 Å². The minimum Gasteiger partial charge on any atom is -0.492 e. The molecule has 0 atom stereocenters. The minimum atomic E-state index is -0.780. The van der Waals surface area contributed by atoms with Crippen LogP contribution in [0.4, 0.5) is 0 Å². The lowest BCUT2D eigenvalue weighted by Gasteiger charge is -2.36. The number of ether oxygens (including phenoxy) is 2. The number of imidazole rings is 1. The molecule has 0 radical (unpaired) electrons. The lowest BCUT2D eigenvalue weighted by Crippen LogP contribution is -2.38. The van der Waals surface area contributed by atoms with E-state index in [0.29, 0.717) is 6.61 Å². The molecule has 5 heterocycles. The van der Waals surface area contributed by atoms with Crippen molar-refractivity contribution in [3.63, 3.8) is 0 Å². The van der Waals surface area contributed by atoms with Crippen LogP contribution < -0.4 is 4.74 Å². The predicted molar refractivity (Wildman–Crippen MR) is 212 cm³/mol. The maximum Gasteiger partial charge on any atom is 0.138 e. The van der Waals surface area contributed by atoms with Crippen LogP contribution >= 0.6 is 0 Å². The SMILES string of the molecule is c1ccc(C(c2ccccc2)(c2ccccc2)n2cc(-c3ccc4ncc(-c5ccccn5)n4c3)c(-c3ccc(OCCN4CCOCC4)cc3)n2)cc1. The third-order valence-corrected chi connectivity index (χ3v) is 10.3. The number of pyridine rings is 2. The van der Waals surface area contributed by atoms with Gasteiger partial charge in [-0.05, 0) is 65.2 Å².